The Morgan fingerprint density at radius 3 is 1.98 bits per heavy atom. The summed E-state index contributed by atoms with van der Waals surface area (Å²) >= 11 is 0. The molecule has 0 bridgehead atoms. The van der Waals surface area contributed by atoms with Gasteiger partial charge in [0, 0.05) is 0 Å². The molecule has 1 heteroatoms. The maximum absolute atomic E-state index is 2.93. The van der Waals surface area contributed by atoms with Crippen LogP contribution in [0.15, 0.2) is 60.7 Å². The summed E-state index contributed by atoms with van der Waals surface area (Å²) in [6.07, 6.45) is 13.5. The third-order valence-corrected chi connectivity index (χ3v) is 19.3. The van der Waals surface area contributed by atoms with E-state index in [4.69, 9.17) is 0 Å². The number of hydrogen-bond acceptors (Lipinski definition) is 0. The van der Waals surface area contributed by atoms with Crippen LogP contribution in [0.1, 0.15) is 102 Å². The van der Waals surface area contributed by atoms with Gasteiger partial charge in [0.15, 0.2) is 0 Å². The molecule has 2 aromatic rings. The van der Waals surface area contributed by atoms with Crippen molar-refractivity contribution in [2.45, 2.75) is 115 Å². The Hall–Kier alpha value is -1.34. The van der Waals surface area contributed by atoms with E-state index in [1.165, 1.54) is 51.4 Å². The Bertz CT molecular complexity index is 1140. The van der Waals surface area contributed by atoms with Crippen molar-refractivity contribution in [2.75, 3.05) is 0 Å². The van der Waals surface area contributed by atoms with E-state index >= 15 is 0 Å². The van der Waals surface area contributed by atoms with Gasteiger partial charge in [0.2, 0.25) is 0 Å². The van der Waals surface area contributed by atoms with Crippen molar-refractivity contribution in [3.8, 4) is 0 Å². The first-order valence-electron chi connectivity index (χ1n) is 17.5. The van der Waals surface area contributed by atoms with E-state index in [1.807, 2.05) is 0 Å². The Morgan fingerprint density at radius 2 is 1.27 bits per heavy atom. The van der Waals surface area contributed by atoms with Crippen molar-refractivity contribution < 1.29 is 0 Å². The lowest BCUT2D eigenvalue weighted by Gasteiger charge is -2.51. The molecular formula is C39H56Si. The Kier molecular flexibility index (Phi) is 7.38. The van der Waals surface area contributed by atoms with Crippen LogP contribution in [0.4, 0.5) is 0 Å². The highest BCUT2D eigenvalue weighted by Gasteiger charge is 2.62. The fraction of sp³-hybridized carbons (Fsp3) is 0.692. The average Bonchev–Trinajstić information content (AvgIpc) is 3.67. The van der Waals surface area contributed by atoms with Crippen LogP contribution < -0.4 is 0 Å². The largest absolute Gasteiger partial charge is 0.0689 e. The lowest BCUT2D eigenvalue weighted by Crippen LogP contribution is -2.48. The number of hydrogen-bond donors (Lipinski definition) is 0. The van der Waals surface area contributed by atoms with Crippen LogP contribution in [0.3, 0.4) is 0 Å². The van der Waals surface area contributed by atoms with E-state index in [0.29, 0.717) is 0 Å². The summed E-state index contributed by atoms with van der Waals surface area (Å²) in [6, 6.07) is 23.6. The molecule has 216 valence electrons. The Morgan fingerprint density at radius 1 is 0.625 bits per heavy atom. The molecule has 0 amide bonds. The van der Waals surface area contributed by atoms with Gasteiger partial charge in [0.25, 0.3) is 0 Å². The smallest absolute Gasteiger partial charge is 0.0547 e. The van der Waals surface area contributed by atoms with Gasteiger partial charge >= 0.3 is 0 Å². The normalized spacial score (nSPS) is 43.0. The summed E-state index contributed by atoms with van der Waals surface area (Å²) in [5, 5.41) is 0. The lowest BCUT2D eigenvalue weighted by atomic mass is 9.62. The summed E-state index contributed by atoms with van der Waals surface area (Å²) in [6.45, 7) is 13.8. The second-order valence-corrected chi connectivity index (χ2v) is 21.3. The summed E-state index contributed by atoms with van der Waals surface area (Å²) in [4.78, 5) is 0. The first-order valence-corrected chi connectivity index (χ1v) is 20.6. The first-order chi connectivity index (χ1) is 19.4. The maximum atomic E-state index is 2.93. The van der Waals surface area contributed by atoms with Gasteiger partial charge in [-0.3, -0.25) is 0 Å². The second kappa shape index (κ2) is 10.7. The van der Waals surface area contributed by atoms with E-state index in [0.717, 1.165) is 76.2 Å². The summed E-state index contributed by atoms with van der Waals surface area (Å²) in [5.41, 5.74) is 5.39. The zero-order valence-electron chi connectivity index (χ0n) is 26.1. The number of benzene rings is 2. The van der Waals surface area contributed by atoms with Gasteiger partial charge < -0.3 is 0 Å². The van der Waals surface area contributed by atoms with E-state index in [2.05, 4.69) is 94.5 Å². The molecule has 12 atom stereocenters. The second-order valence-electron chi connectivity index (χ2n) is 16.4. The molecule has 0 saturated heterocycles. The van der Waals surface area contributed by atoms with Gasteiger partial charge in [0.1, 0.15) is 0 Å². The van der Waals surface area contributed by atoms with Gasteiger partial charge in [-0.25, -0.2) is 0 Å². The van der Waals surface area contributed by atoms with Crippen LogP contribution in [0.2, 0.25) is 24.2 Å². The highest BCUT2D eigenvalue weighted by Crippen LogP contribution is 2.70. The van der Waals surface area contributed by atoms with E-state index in [-0.39, 0.29) is 0 Å². The Balaban J connectivity index is 1.23. The molecule has 5 saturated carbocycles. The number of rotatable bonds is 5. The maximum Gasteiger partial charge on any atom is 0.0547 e. The summed E-state index contributed by atoms with van der Waals surface area (Å²) in [7, 11) is -1.55. The fourth-order valence-corrected chi connectivity index (χ4v) is 19.8. The molecule has 7 rings (SSSR count). The third-order valence-electron chi connectivity index (χ3n) is 14.1. The highest BCUT2D eigenvalue weighted by molar-refractivity contribution is 6.80. The minimum Gasteiger partial charge on any atom is -0.0689 e. The van der Waals surface area contributed by atoms with Gasteiger partial charge in [0.05, 0.1) is 8.07 Å². The lowest BCUT2D eigenvalue weighted by molar-refractivity contribution is 0.120. The predicted molar refractivity (Wildman–Crippen MR) is 173 cm³/mol. The summed E-state index contributed by atoms with van der Waals surface area (Å²) in [5.74, 6) is 10.1. The molecule has 2 aromatic carbocycles. The minimum atomic E-state index is -1.55. The molecule has 0 spiro atoms. The molecule has 0 radical (unpaired) electrons. The van der Waals surface area contributed by atoms with E-state index < -0.39 is 8.07 Å². The number of fused-ring (bicyclic) bond motifs is 3. The molecular weight excluding hydrogens is 497 g/mol. The fourth-order valence-electron chi connectivity index (χ4n) is 13.1. The molecule has 5 fully saturated rings. The molecule has 0 N–H and O–H groups in total. The molecule has 5 aliphatic carbocycles. The molecule has 40 heavy (non-hydrogen) atoms. The molecule has 0 nitrogen and oxygen atoms in total. The van der Waals surface area contributed by atoms with Gasteiger partial charge in [-0.1, -0.05) is 120 Å². The van der Waals surface area contributed by atoms with Gasteiger partial charge in [-0.05, 0) is 119 Å². The topological polar surface area (TPSA) is 0 Å². The van der Waals surface area contributed by atoms with E-state index in [1.54, 1.807) is 17.5 Å². The monoisotopic (exact) mass is 552 g/mol. The van der Waals surface area contributed by atoms with Crippen molar-refractivity contribution in [1.82, 2.24) is 0 Å². The van der Waals surface area contributed by atoms with Crippen LogP contribution in [0, 0.1) is 53.3 Å². The first kappa shape index (κ1) is 27.5. The summed E-state index contributed by atoms with van der Waals surface area (Å²) < 4.78 is 0. The molecule has 0 heterocycles. The van der Waals surface area contributed by atoms with Gasteiger partial charge in [-0.2, -0.15) is 0 Å². The van der Waals surface area contributed by atoms with Crippen molar-refractivity contribution in [2.24, 2.45) is 53.3 Å². The van der Waals surface area contributed by atoms with Crippen molar-refractivity contribution >= 4 is 8.07 Å². The molecule has 12 unspecified atom stereocenters. The quantitative estimate of drug-likeness (QED) is 0.324. The van der Waals surface area contributed by atoms with Gasteiger partial charge in [-0.15, -0.1) is 0 Å². The molecule has 0 aromatic heterocycles. The van der Waals surface area contributed by atoms with E-state index in [9.17, 15) is 0 Å². The highest BCUT2D eigenvalue weighted by atomic mass is 28.3. The third kappa shape index (κ3) is 4.42. The predicted octanol–water partition coefficient (Wildman–Crippen LogP) is 11.2. The molecule has 0 aliphatic heterocycles. The zero-order chi connectivity index (χ0) is 27.6. The van der Waals surface area contributed by atoms with Crippen molar-refractivity contribution in [1.29, 1.82) is 0 Å². The zero-order valence-corrected chi connectivity index (χ0v) is 27.1. The Labute approximate surface area is 247 Å². The van der Waals surface area contributed by atoms with Crippen LogP contribution >= 0.6 is 0 Å². The standard InChI is InChI=1S/C39H56Si/c1-25(2)33-24-34-30(27-14-8-6-9-15-27)19-13-21-32(34)39(33)40(4,5)38-26(3)22-35-36(38)23-29-18-12-20-31(29)37(35)28-16-10-7-11-17-28/h6-11,14-17,25-26,29-39H,12-13,18-24H2,1-5H3. The van der Waals surface area contributed by atoms with Crippen molar-refractivity contribution in [3.05, 3.63) is 71.8 Å². The van der Waals surface area contributed by atoms with Crippen LogP contribution in [-0.4, -0.2) is 8.07 Å². The SMILES string of the molecule is CC(C)C1CC2C(c3ccccc3)CCCC2C1[Si](C)(C)C1C(C)CC2C1CC1CCCC1C2c1ccccc1. The average molecular weight is 553 g/mol. The van der Waals surface area contributed by atoms with Crippen LogP contribution in [-0.2, 0) is 0 Å². The van der Waals surface area contributed by atoms with Crippen molar-refractivity contribution in [3.63, 3.8) is 0 Å². The van der Waals surface area contributed by atoms with Crippen LogP contribution in [0.25, 0.3) is 0 Å². The van der Waals surface area contributed by atoms with Crippen LogP contribution in [0.5, 0.6) is 0 Å². The minimum absolute atomic E-state index is 0.807. The molecule has 5 aliphatic rings.